The summed E-state index contributed by atoms with van der Waals surface area (Å²) in [5, 5.41) is 44.6. The molecule has 2 aromatic heterocycles. The van der Waals surface area contributed by atoms with Gasteiger partial charge in [0.15, 0.2) is 23.1 Å². The quantitative estimate of drug-likeness (QED) is 0.179. The first-order valence-corrected chi connectivity index (χ1v) is 11.5. The standard InChI is InChI=1S/C23H27N9O6/c1-4-5-9-31-10-11-32(22(31)34)17-12-16(18(28-27-17)21(33)26-23(35,36)37)25-15-8-6-7-14(19(15)38-3)20-24-13-30(2)29-20/h4,6-8,12-13,35-37H,1,5,9-11H2,2-3H3,(H,25,27)(H,26,33). The maximum Gasteiger partial charge on any atom is 0.369 e. The van der Waals surface area contributed by atoms with Crippen LogP contribution in [0.3, 0.4) is 0 Å². The Kier molecular flexibility index (Phi) is 7.52. The molecule has 0 bridgehead atoms. The first kappa shape index (κ1) is 26.5. The van der Waals surface area contributed by atoms with Gasteiger partial charge in [0.1, 0.15) is 6.33 Å². The molecule has 0 spiro atoms. The maximum absolute atomic E-state index is 12.9. The summed E-state index contributed by atoms with van der Waals surface area (Å²) in [5.41, 5.74) is 0.584. The fraction of sp³-hybridized carbons (Fsp3) is 0.304. The van der Waals surface area contributed by atoms with E-state index in [1.807, 2.05) is 0 Å². The van der Waals surface area contributed by atoms with Crippen molar-refractivity contribution in [2.45, 2.75) is 12.5 Å². The predicted octanol–water partition coefficient (Wildman–Crippen LogP) is 0.160. The molecule has 5 N–H and O–H groups in total. The van der Waals surface area contributed by atoms with Crippen molar-refractivity contribution in [3.05, 3.63) is 48.9 Å². The highest BCUT2D eigenvalue weighted by Crippen LogP contribution is 2.37. The zero-order chi connectivity index (χ0) is 27.4. The number of carbonyl (C=O) groups excluding carboxylic acids is 2. The molecule has 15 heteroatoms. The topological polar surface area (TPSA) is 191 Å². The number of aryl methyl sites for hydroxylation is 1. The number of anilines is 3. The van der Waals surface area contributed by atoms with E-state index >= 15 is 0 Å². The molecule has 3 aromatic rings. The molecular formula is C23H27N9O6. The summed E-state index contributed by atoms with van der Waals surface area (Å²) in [7, 11) is 3.18. The Labute approximate surface area is 217 Å². The number of nitrogens with one attached hydrogen (secondary N) is 2. The molecule has 15 nitrogen and oxygen atoms in total. The Bertz CT molecular complexity index is 1350. The summed E-state index contributed by atoms with van der Waals surface area (Å²) in [4.78, 5) is 32.9. The molecule has 3 heterocycles. The predicted molar refractivity (Wildman–Crippen MR) is 134 cm³/mol. The van der Waals surface area contributed by atoms with Crippen LogP contribution in [0.2, 0.25) is 0 Å². The van der Waals surface area contributed by atoms with Gasteiger partial charge in [0.05, 0.1) is 24.0 Å². The molecule has 0 atom stereocenters. The molecule has 1 aliphatic rings. The molecular weight excluding hydrogens is 498 g/mol. The van der Waals surface area contributed by atoms with Crippen molar-refractivity contribution in [1.29, 1.82) is 0 Å². The number of ether oxygens (including phenoxy) is 1. The summed E-state index contributed by atoms with van der Waals surface area (Å²) in [5.74, 6) is -0.259. The van der Waals surface area contributed by atoms with Gasteiger partial charge >= 0.3 is 12.1 Å². The van der Waals surface area contributed by atoms with Crippen LogP contribution in [0.15, 0.2) is 43.2 Å². The Morgan fingerprint density at radius 1 is 1.24 bits per heavy atom. The zero-order valence-corrected chi connectivity index (χ0v) is 20.7. The fourth-order valence-electron chi connectivity index (χ4n) is 3.88. The molecule has 1 aliphatic heterocycles. The lowest BCUT2D eigenvalue weighted by Gasteiger charge is -2.20. The number of rotatable bonds is 10. The molecule has 1 saturated heterocycles. The fourth-order valence-corrected chi connectivity index (χ4v) is 3.88. The van der Waals surface area contributed by atoms with Crippen LogP contribution in [0, 0.1) is 0 Å². The van der Waals surface area contributed by atoms with Crippen LogP contribution < -0.4 is 20.3 Å². The first-order valence-electron chi connectivity index (χ1n) is 11.5. The van der Waals surface area contributed by atoms with Crippen LogP contribution in [0.25, 0.3) is 11.4 Å². The van der Waals surface area contributed by atoms with Crippen molar-refractivity contribution in [3.8, 4) is 17.1 Å². The summed E-state index contributed by atoms with van der Waals surface area (Å²) < 4.78 is 7.14. The number of nitrogens with zero attached hydrogens (tertiary/aromatic N) is 7. The van der Waals surface area contributed by atoms with Gasteiger partial charge in [-0.1, -0.05) is 12.1 Å². The van der Waals surface area contributed by atoms with Crippen LogP contribution in [0.4, 0.5) is 22.0 Å². The van der Waals surface area contributed by atoms with Crippen molar-refractivity contribution in [3.63, 3.8) is 0 Å². The summed E-state index contributed by atoms with van der Waals surface area (Å²) in [6, 6.07) is 6.26. The highest BCUT2D eigenvalue weighted by Gasteiger charge is 2.32. The number of methoxy groups -OCH3 is 1. The summed E-state index contributed by atoms with van der Waals surface area (Å²) in [6.45, 7) is 4.98. The van der Waals surface area contributed by atoms with Gasteiger partial charge in [-0.15, -0.1) is 16.8 Å². The molecule has 0 radical (unpaired) electrons. The highest BCUT2D eigenvalue weighted by molar-refractivity contribution is 6.00. The van der Waals surface area contributed by atoms with Crippen LogP contribution in [-0.4, -0.2) is 90.0 Å². The van der Waals surface area contributed by atoms with E-state index in [0.717, 1.165) is 0 Å². The molecule has 38 heavy (non-hydrogen) atoms. The average molecular weight is 526 g/mol. The van der Waals surface area contributed by atoms with E-state index in [4.69, 9.17) is 4.74 Å². The zero-order valence-electron chi connectivity index (χ0n) is 20.7. The third-order valence-electron chi connectivity index (χ3n) is 5.58. The lowest BCUT2D eigenvalue weighted by molar-refractivity contribution is -0.323. The third kappa shape index (κ3) is 5.69. The average Bonchev–Trinajstić information content (AvgIpc) is 3.46. The number of amides is 3. The molecule has 200 valence electrons. The van der Waals surface area contributed by atoms with Crippen molar-refractivity contribution in [2.24, 2.45) is 7.05 Å². The Hall–Kier alpha value is -4.60. The number of hydrogen-bond acceptors (Lipinski definition) is 11. The van der Waals surface area contributed by atoms with Gasteiger partial charge in [-0.25, -0.2) is 9.78 Å². The minimum absolute atomic E-state index is 0.0403. The SMILES string of the molecule is C=CCCN1CCN(c2cc(Nc3cccc(-c4ncn(C)n4)c3OC)c(C(=O)NC(O)(O)O)nn2)C1=O. The molecule has 0 unspecified atom stereocenters. The normalized spacial score (nSPS) is 13.6. The Balaban J connectivity index is 1.74. The van der Waals surface area contributed by atoms with Gasteiger partial charge < -0.3 is 30.3 Å². The van der Waals surface area contributed by atoms with E-state index in [-0.39, 0.29) is 17.5 Å². The Morgan fingerprint density at radius 2 is 2.03 bits per heavy atom. The number of para-hydroxylation sites is 1. The Morgan fingerprint density at radius 3 is 2.68 bits per heavy atom. The van der Waals surface area contributed by atoms with Gasteiger partial charge in [0, 0.05) is 32.7 Å². The van der Waals surface area contributed by atoms with Crippen LogP contribution in [-0.2, 0) is 7.05 Å². The number of hydrogen-bond donors (Lipinski definition) is 5. The molecule has 1 fully saturated rings. The highest BCUT2D eigenvalue weighted by atomic mass is 16.7. The van der Waals surface area contributed by atoms with Crippen molar-refractivity contribution >= 4 is 29.1 Å². The number of aliphatic hydroxyl groups is 3. The number of urea groups is 1. The van der Waals surface area contributed by atoms with Crippen molar-refractivity contribution < 1.29 is 29.6 Å². The number of benzene rings is 1. The van der Waals surface area contributed by atoms with E-state index in [2.05, 4.69) is 32.2 Å². The van der Waals surface area contributed by atoms with Gasteiger partial charge in [-0.05, 0) is 18.6 Å². The minimum Gasteiger partial charge on any atom is -0.494 e. The lowest BCUT2D eigenvalue weighted by atomic mass is 10.1. The number of carbonyl (C=O) groups is 2. The van der Waals surface area contributed by atoms with Crippen molar-refractivity contribution in [2.75, 3.05) is 37.0 Å². The maximum atomic E-state index is 12.9. The molecule has 0 saturated carbocycles. The van der Waals surface area contributed by atoms with E-state index < -0.39 is 17.7 Å². The molecule has 1 aromatic carbocycles. The van der Waals surface area contributed by atoms with E-state index in [1.54, 1.807) is 41.5 Å². The first-order chi connectivity index (χ1) is 18.1. The monoisotopic (exact) mass is 525 g/mol. The smallest absolute Gasteiger partial charge is 0.369 e. The lowest BCUT2D eigenvalue weighted by Crippen LogP contribution is -2.48. The van der Waals surface area contributed by atoms with Gasteiger partial charge in [-0.2, -0.15) is 5.10 Å². The second-order valence-electron chi connectivity index (χ2n) is 8.31. The van der Waals surface area contributed by atoms with Gasteiger partial charge in [0.2, 0.25) is 0 Å². The van der Waals surface area contributed by atoms with E-state index in [0.29, 0.717) is 48.9 Å². The largest absolute Gasteiger partial charge is 0.494 e. The van der Waals surface area contributed by atoms with Crippen LogP contribution in [0.5, 0.6) is 5.75 Å². The summed E-state index contributed by atoms with van der Waals surface area (Å²) >= 11 is 0. The second-order valence-corrected chi connectivity index (χ2v) is 8.31. The van der Waals surface area contributed by atoms with Gasteiger partial charge in [0.25, 0.3) is 5.91 Å². The number of aromatic nitrogens is 5. The third-order valence-corrected chi connectivity index (χ3v) is 5.58. The minimum atomic E-state index is -3.49. The second kappa shape index (κ2) is 10.8. The molecule has 0 aliphatic carbocycles. The van der Waals surface area contributed by atoms with E-state index in [1.165, 1.54) is 29.1 Å². The van der Waals surface area contributed by atoms with Crippen molar-refractivity contribution in [1.82, 2.24) is 35.2 Å². The summed E-state index contributed by atoms with van der Waals surface area (Å²) in [6.07, 6.45) is 0.389. The van der Waals surface area contributed by atoms with E-state index in [9.17, 15) is 24.9 Å². The van der Waals surface area contributed by atoms with Crippen LogP contribution in [0.1, 0.15) is 16.9 Å². The molecule has 3 amide bonds. The molecule has 4 rings (SSSR count). The van der Waals surface area contributed by atoms with Gasteiger partial charge in [-0.3, -0.25) is 19.7 Å². The van der Waals surface area contributed by atoms with Crippen LogP contribution >= 0.6 is 0 Å².